The summed E-state index contributed by atoms with van der Waals surface area (Å²) < 4.78 is 44.5. The molecule has 1 atom stereocenters. The van der Waals surface area contributed by atoms with Crippen molar-refractivity contribution in [2.75, 3.05) is 7.11 Å². The summed E-state index contributed by atoms with van der Waals surface area (Å²) >= 11 is 0. The highest BCUT2D eigenvalue weighted by molar-refractivity contribution is 6.07. The number of amides is 3. The number of rotatable bonds is 5. The summed E-state index contributed by atoms with van der Waals surface area (Å²) in [5, 5.41) is 2.48. The van der Waals surface area contributed by atoms with Crippen molar-refractivity contribution in [3.05, 3.63) is 64.7 Å². The largest absolute Gasteiger partial charge is 0.496 e. The Labute approximate surface area is 170 Å². The zero-order valence-electron chi connectivity index (χ0n) is 16.5. The fourth-order valence-corrected chi connectivity index (χ4v) is 3.33. The zero-order chi connectivity index (χ0) is 22.3. The van der Waals surface area contributed by atoms with E-state index >= 15 is 0 Å². The predicted octanol–water partition coefficient (Wildman–Crippen LogP) is 3.88. The number of hydrogen-bond acceptors (Lipinski definition) is 4. The molecule has 9 heteroatoms. The topological polar surface area (TPSA) is 75.7 Å². The maximum Gasteiger partial charge on any atom is 0.416 e. The quantitative estimate of drug-likeness (QED) is 0.588. The first kappa shape index (κ1) is 21.4. The smallest absolute Gasteiger partial charge is 0.416 e. The number of nitrogens with zero attached hydrogens (tertiary/aromatic N) is 1. The first-order chi connectivity index (χ1) is 14.0. The lowest BCUT2D eigenvalue weighted by molar-refractivity contribution is -0.138. The Morgan fingerprint density at radius 1 is 1.17 bits per heavy atom. The van der Waals surface area contributed by atoms with Gasteiger partial charge in [-0.25, -0.2) is 4.79 Å². The normalized spacial score (nSPS) is 19.1. The third-order valence-electron chi connectivity index (χ3n) is 5.06. The summed E-state index contributed by atoms with van der Waals surface area (Å²) in [6.07, 6.45) is -4.59. The van der Waals surface area contributed by atoms with E-state index in [1.807, 2.05) is 0 Å². The van der Waals surface area contributed by atoms with E-state index in [-0.39, 0.29) is 17.9 Å². The average molecular weight is 420 g/mol. The van der Waals surface area contributed by atoms with Gasteiger partial charge < -0.3 is 10.1 Å². The monoisotopic (exact) mass is 420 g/mol. The number of halogens is 3. The second kappa shape index (κ2) is 7.47. The molecule has 6 nitrogen and oxygen atoms in total. The first-order valence-corrected chi connectivity index (χ1v) is 8.97. The van der Waals surface area contributed by atoms with E-state index in [0.717, 1.165) is 17.0 Å². The number of ether oxygens (including phenoxy) is 1. The Hall–Kier alpha value is -3.36. The molecule has 1 aliphatic heterocycles. The van der Waals surface area contributed by atoms with E-state index in [9.17, 15) is 27.6 Å². The summed E-state index contributed by atoms with van der Waals surface area (Å²) in [5.41, 5.74) is -1.77. The lowest BCUT2D eigenvalue weighted by Crippen LogP contribution is -2.41. The lowest BCUT2D eigenvalue weighted by Gasteiger charge is -2.23. The molecule has 0 bridgehead atoms. The third-order valence-corrected chi connectivity index (χ3v) is 5.06. The minimum Gasteiger partial charge on any atom is -0.496 e. The van der Waals surface area contributed by atoms with Crippen molar-refractivity contribution in [3.8, 4) is 5.75 Å². The summed E-state index contributed by atoms with van der Waals surface area (Å²) in [6, 6.07) is 8.15. The van der Waals surface area contributed by atoms with Crippen molar-refractivity contribution in [3.63, 3.8) is 0 Å². The van der Waals surface area contributed by atoms with Crippen LogP contribution in [0.25, 0.3) is 0 Å². The van der Waals surface area contributed by atoms with Gasteiger partial charge in [0.25, 0.3) is 5.91 Å². The first-order valence-electron chi connectivity index (χ1n) is 8.97. The molecule has 3 amide bonds. The third kappa shape index (κ3) is 3.74. The average Bonchev–Trinajstić information content (AvgIpc) is 2.91. The number of urea groups is 1. The molecule has 1 N–H and O–H groups in total. The molecule has 2 aromatic rings. The standard InChI is InChI=1S/C21H19F3N2O4/c1-12(27)13-7-8-17(30-3)14(9-13)11-26-18(28)20(2,25-19(26)29)15-5-4-6-16(10-15)21(22,23)24/h4-10H,11H2,1-3H3,(H,25,29). The van der Waals surface area contributed by atoms with Gasteiger partial charge in [0.1, 0.15) is 11.3 Å². The predicted molar refractivity (Wildman–Crippen MR) is 101 cm³/mol. The van der Waals surface area contributed by atoms with Crippen LogP contribution in [-0.2, 0) is 23.1 Å². The van der Waals surface area contributed by atoms with Crippen LogP contribution in [0.4, 0.5) is 18.0 Å². The van der Waals surface area contributed by atoms with Crippen molar-refractivity contribution in [1.82, 2.24) is 10.2 Å². The molecular weight excluding hydrogens is 401 g/mol. The van der Waals surface area contributed by atoms with Crippen molar-refractivity contribution in [2.24, 2.45) is 0 Å². The molecule has 0 aliphatic carbocycles. The zero-order valence-corrected chi connectivity index (χ0v) is 16.5. The van der Waals surface area contributed by atoms with Gasteiger partial charge in [-0.15, -0.1) is 0 Å². The molecule has 30 heavy (non-hydrogen) atoms. The highest BCUT2D eigenvalue weighted by Gasteiger charge is 2.49. The molecule has 1 unspecified atom stereocenters. The molecular formula is C21H19F3N2O4. The highest BCUT2D eigenvalue weighted by Crippen LogP contribution is 2.35. The number of ketones is 1. The number of carbonyl (C=O) groups excluding carboxylic acids is 3. The van der Waals surface area contributed by atoms with Crippen LogP contribution in [0.1, 0.15) is 40.9 Å². The number of nitrogens with one attached hydrogen (secondary N) is 1. The molecule has 3 rings (SSSR count). The number of methoxy groups -OCH3 is 1. The van der Waals surface area contributed by atoms with E-state index in [0.29, 0.717) is 16.9 Å². The van der Waals surface area contributed by atoms with Crippen LogP contribution in [0.2, 0.25) is 0 Å². The van der Waals surface area contributed by atoms with E-state index in [4.69, 9.17) is 4.74 Å². The summed E-state index contributed by atoms with van der Waals surface area (Å²) in [6.45, 7) is 2.53. The number of alkyl halides is 3. The summed E-state index contributed by atoms with van der Waals surface area (Å²) in [7, 11) is 1.41. The highest BCUT2D eigenvalue weighted by atomic mass is 19.4. The van der Waals surface area contributed by atoms with Crippen LogP contribution < -0.4 is 10.1 Å². The molecule has 1 saturated heterocycles. The van der Waals surface area contributed by atoms with Crippen molar-refractivity contribution in [1.29, 1.82) is 0 Å². The van der Waals surface area contributed by atoms with Crippen LogP contribution in [0.3, 0.4) is 0 Å². The Kier molecular flexibility index (Phi) is 5.32. The molecule has 2 aromatic carbocycles. The summed E-state index contributed by atoms with van der Waals surface area (Å²) in [4.78, 5) is 38.2. The molecule has 0 spiro atoms. The molecule has 158 valence electrons. The van der Waals surface area contributed by atoms with Gasteiger partial charge in [-0.3, -0.25) is 14.5 Å². The maximum atomic E-state index is 13.1. The Balaban J connectivity index is 1.96. The number of benzene rings is 2. The molecule has 0 saturated carbocycles. The van der Waals surface area contributed by atoms with Crippen LogP contribution in [0.15, 0.2) is 42.5 Å². The van der Waals surface area contributed by atoms with Gasteiger partial charge in [-0.1, -0.05) is 12.1 Å². The SMILES string of the molecule is COc1ccc(C(C)=O)cc1CN1C(=O)NC(C)(c2cccc(C(F)(F)F)c2)C1=O. The van der Waals surface area contributed by atoms with E-state index in [2.05, 4.69) is 5.32 Å². The van der Waals surface area contributed by atoms with Crippen molar-refractivity contribution < 1.29 is 32.3 Å². The van der Waals surface area contributed by atoms with Crippen LogP contribution >= 0.6 is 0 Å². The van der Waals surface area contributed by atoms with Crippen LogP contribution in [0, 0.1) is 0 Å². The van der Waals surface area contributed by atoms with Gasteiger partial charge in [-0.05, 0) is 49.7 Å². The van der Waals surface area contributed by atoms with E-state index < -0.39 is 29.2 Å². The fourth-order valence-electron chi connectivity index (χ4n) is 3.33. The van der Waals surface area contributed by atoms with E-state index in [1.54, 1.807) is 12.1 Å². The Bertz CT molecular complexity index is 1040. The van der Waals surface area contributed by atoms with Gasteiger partial charge in [0, 0.05) is 11.1 Å². The maximum absolute atomic E-state index is 13.1. The second-order valence-electron chi connectivity index (χ2n) is 7.11. The number of carbonyl (C=O) groups is 3. The molecule has 0 radical (unpaired) electrons. The number of imide groups is 1. The Morgan fingerprint density at radius 2 is 1.87 bits per heavy atom. The van der Waals surface area contributed by atoms with E-state index in [1.165, 1.54) is 39.2 Å². The number of Topliss-reactive ketones (excluding diaryl/α,β-unsaturated/α-hetero) is 1. The fraction of sp³-hybridized carbons (Fsp3) is 0.286. The number of hydrogen-bond donors (Lipinski definition) is 1. The van der Waals surface area contributed by atoms with Gasteiger partial charge in [0.2, 0.25) is 0 Å². The lowest BCUT2D eigenvalue weighted by atomic mass is 9.90. The summed E-state index contributed by atoms with van der Waals surface area (Å²) in [5.74, 6) is -0.541. The minimum atomic E-state index is -4.59. The Morgan fingerprint density at radius 3 is 2.47 bits per heavy atom. The minimum absolute atomic E-state index is 0.0163. The van der Waals surface area contributed by atoms with Crippen molar-refractivity contribution >= 4 is 17.7 Å². The molecule has 1 aliphatic rings. The second-order valence-corrected chi connectivity index (χ2v) is 7.11. The molecule has 0 aromatic heterocycles. The van der Waals surface area contributed by atoms with Gasteiger partial charge in [0.15, 0.2) is 5.78 Å². The van der Waals surface area contributed by atoms with Crippen LogP contribution in [0.5, 0.6) is 5.75 Å². The molecule has 1 fully saturated rings. The van der Waals surface area contributed by atoms with Gasteiger partial charge in [0.05, 0.1) is 19.2 Å². The molecule has 1 heterocycles. The van der Waals surface area contributed by atoms with Gasteiger partial charge in [-0.2, -0.15) is 13.2 Å². The van der Waals surface area contributed by atoms with Gasteiger partial charge >= 0.3 is 12.2 Å². The van der Waals surface area contributed by atoms with Crippen LogP contribution in [-0.4, -0.2) is 29.7 Å². The van der Waals surface area contributed by atoms with Crippen molar-refractivity contribution in [2.45, 2.75) is 32.1 Å².